The number of rotatable bonds is 22. The van der Waals surface area contributed by atoms with Gasteiger partial charge >= 0.3 is 11.9 Å². The molecule has 0 aliphatic rings. The molecule has 10 heteroatoms. The quantitative estimate of drug-likeness (QED) is 0.0368. The van der Waals surface area contributed by atoms with Gasteiger partial charge in [0, 0.05) is 23.0 Å². The van der Waals surface area contributed by atoms with Crippen LogP contribution in [0.2, 0.25) is 0 Å². The maximum atomic E-state index is 14.1. The summed E-state index contributed by atoms with van der Waals surface area (Å²) >= 11 is 0. The predicted octanol–water partition coefficient (Wildman–Crippen LogP) is 16.9. The summed E-state index contributed by atoms with van der Waals surface area (Å²) in [6, 6.07) is 54.8. The zero-order valence-corrected chi connectivity index (χ0v) is 46.7. The maximum Gasteiger partial charge on any atom is 0.343 e. The smallest absolute Gasteiger partial charge is 0.343 e. The van der Waals surface area contributed by atoms with Gasteiger partial charge in [-0.25, -0.2) is 9.59 Å². The van der Waals surface area contributed by atoms with Crippen LogP contribution in [0, 0.1) is 19.8 Å². The lowest BCUT2D eigenvalue weighted by Crippen LogP contribution is -2.41. The third-order valence-electron chi connectivity index (χ3n) is 14.2. The molecule has 10 nitrogen and oxygen atoms in total. The van der Waals surface area contributed by atoms with E-state index >= 15 is 0 Å². The third kappa shape index (κ3) is 14.4. The van der Waals surface area contributed by atoms with Crippen LogP contribution in [-0.2, 0) is 6.42 Å². The lowest BCUT2D eigenvalue weighted by atomic mass is 9.90. The summed E-state index contributed by atoms with van der Waals surface area (Å²) in [7, 11) is 0. The van der Waals surface area contributed by atoms with Gasteiger partial charge in [0.2, 0.25) is 5.78 Å². The van der Waals surface area contributed by atoms with E-state index in [1.54, 1.807) is 109 Å². The summed E-state index contributed by atoms with van der Waals surface area (Å²) < 4.78 is 36.1. The lowest BCUT2D eigenvalue weighted by molar-refractivity contribution is 0.0502. The number of hydrogen-bond acceptors (Lipinski definition) is 10. The molecule has 0 spiro atoms. The van der Waals surface area contributed by atoms with Crippen LogP contribution in [0.4, 0.5) is 0 Å². The molecule has 0 heterocycles. The number of ketones is 2. The van der Waals surface area contributed by atoms with Gasteiger partial charge in [-0.2, -0.15) is 0 Å². The molecular weight excluding hydrogens is 989 g/mol. The fourth-order valence-corrected chi connectivity index (χ4v) is 8.72. The Morgan fingerprint density at radius 1 is 0.430 bits per heavy atom. The molecule has 404 valence electrons. The molecule has 0 aliphatic heterocycles. The summed E-state index contributed by atoms with van der Waals surface area (Å²) in [5.74, 6) is 3.39. The van der Waals surface area contributed by atoms with Crippen molar-refractivity contribution >= 4 is 23.5 Å². The third-order valence-corrected chi connectivity index (χ3v) is 14.2. The van der Waals surface area contributed by atoms with Crippen molar-refractivity contribution in [2.45, 2.75) is 106 Å². The fraction of sp³-hybridized carbons (Fsp3) is 0.246. The molecule has 2 atom stereocenters. The zero-order chi connectivity index (χ0) is 56.4. The molecule has 0 radical (unpaired) electrons. The molecule has 79 heavy (non-hydrogen) atoms. The van der Waals surface area contributed by atoms with Crippen LogP contribution >= 0.6 is 0 Å². The second kappa shape index (κ2) is 24.7. The SMILES string of the molecule is CCC(C)(C)Oc1ccc(Cc2ccc(OC(=O)c3ccc(Oc4ccc(C(=O)[C@@](C)(CC)Oc5ccc(C(C)c6ccc(OC(=O)c7ccc(Oc8ccc(C(=O)C(C)C)cc8)cc7)c(C)c6)cc5C)cc4)cc3)cc2)cc1. The Balaban J connectivity index is 0.809. The van der Waals surface area contributed by atoms with E-state index in [4.69, 9.17) is 28.4 Å². The second-order valence-electron chi connectivity index (χ2n) is 21.1. The molecule has 0 bridgehead atoms. The Morgan fingerprint density at radius 3 is 1.27 bits per heavy atom. The highest BCUT2D eigenvalue weighted by Crippen LogP contribution is 2.35. The Kier molecular flexibility index (Phi) is 17.7. The van der Waals surface area contributed by atoms with Crippen LogP contribution in [0.3, 0.4) is 0 Å². The first-order valence-corrected chi connectivity index (χ1v) is 26.8. The first kappa shape index (κ1) is 56.4. The second-order valence-corrected chi connectivity index (χ2v) is 21.1. The van der Waals surface area contributed by atoms with Gasteiger partial charge in [0.1, 0.15) is 51.6 Å². The molecule has 8 aromatic rings. The number of aryl methyl sites for hydroxylation is 2. The highest BCUT2D eigenvalue weighted by atomic mass is 16.5. The molecule has 0 amide bonds. The van der Waals surface area contributed by atoms with Crippen molar-refractivity contribution < 1.29 is 47.6 Å². The summed E-state index contributed by atoms with van der Waals surface area (Å²) in [5, 5.41) is 0. The fourth-order valence-electron chi connectivity index (χ4n) is 8.72. The van der Waals surface area contributed by atoms with Crippen LogP contribution in [-0.4, -0.2) is 34.7 Å². The van der Waals surface area contributed by atoms with Crippen LogP contribution in [0.25, 0.3) is 0 Å². The Bertz CT molecular complexity index is 3410. The molecule has 0 N–H and O–H groups in total. The van der Waals surface area contributed by atoms with Crippen molar-refractivity contribution in [1.29, 1.82) is 0 Å². The number of benzene rings is 8. The molecular formula is C69H68O10. The van der Waals surface area contributed by atoms with Crippen molar-refractivity contribution in [2.24, 2.45) is 5.92 Å². The number of carbonyl (C=O) groups is 4. The van der Waals surface area contributed by atoms with Crippen molar-refractivity contribution in [3.63, 3.8) is 0 Å². The van der Waals surface area contributed by atoms with E-state index in [0.29, 0.717) is 68.9 Å². The standard InChI is InChI=1S/C69H68O10/c1-11-68(8,9)78-61-29-15-49(16-30-61)43-48-13-27-60(28-14-48)76-66(72)52-21-35-58(36-22-52)75-57-33-19-51(20-34-57)65(71)69(10,12-2)79-63-40-26-55(42-46(63)6)47(7)54-25-39-62(45(5)41-54)77-67(73)53-23-37-59(38-24-53)74-56-31-17-50(18-32-56)64(70)44(3)4/h13-42,44,47H,11-12,43H2,1-10H3/t47?,69-/m1/s1. The van der Waals surface area contributed by atoms with Crippen molar-refractivity contribution in [3.05, 3.63) is 238 Å². The van der Waals surface area contributed by atoms with Crippen molar-refractivity contribution in [3.8, 4) is 46.0 Å². The van der Waals surface area contributed by atoms with Crippen molar-refractivity contribution in [1.82, 2.24) is 0 Å². The predicted molar refractivity (Wildman–Crippen MR) is 309 cm³/mol. The van der Waals surface area contributed by atoms with Crippen LogP contribution < -0.4 is 28.4 Å². The molecule has 0 saturated heterocycles. The number of ether oxygens (including phenoxy) is 6. The average molecular weight is 1060 g/mol. The minimum atomic E-state index is -1.15. The summed E-state index contributed by atoms with van der Waals surface area (Å²) in [6.07, 6.45) is 2.08. The molecule has 8 rings (SSSR count). The Labute approximate surface area is 464 Å². The van der Waals surface area contributed by atoms with E-state index in [0.717, 1.165) is 52.0 Å². The highest BCUT2D eigenvalue weighted by Gasteiger charge is 2.35. The van der Waals surface area contributed by atoms with E-state index in [1.165, 1.54) is 0 Å². The first-order chi connectivity index (χ1) is 37.8. The van der Waals surface area contributed by atoms with Gasteiger partial charge in [-0.1, -0.05) is 83.1 Å². The zero-order valence-electron chi connectivity index (χ0n) is 46.7. The molecule has 1 unspecified atom stereocenters. The van der Waals surface area contributed by atoms with E-state index in [9.17, 15) is 19.2 Å². The molecule has 0 aromatic heterocycles. The largest absolute Gasteiger partial charge is 0.488 e. The highest BCUT2D eigenvalue weighted by molar-refractivity contribution is 6.02. The summed E-state index contributed by atoms with van der Waals surface area (Å²) in [5.41, 5.74) is 6.55. The first-order valence-electron chi connectivity index (χ1n) is 26.8. The average Bonchev–Trinajstić information content (AvgIpc) is 3.50. The van der Waals surface area contributed by atoms with Crippen LogP contribution in [0.15, 0.2) is 182 Å². The van der Waals surface area contributed by atoms with Gasteiger partial charge in [0.25, 0.3) is 0 Å². The Hall–Kier alpha value is -8.76. The van der Waals surface area contributed by atoms with Gasteiger partial charge in [-0.15, -0.1) is 0 Å². The van der Waals surface area contributed by atoms with Crippen LogP contribution in [0.1, 0.15) is 149 Å². The molecule has 8 aromatic carbocycles. The normalized spacial score (nSPS) is 12.4. The van der Waals surface area contributed by atoms with Gasteiger partial charge in [-0.05, 0) is 221 Å². The van der Waals surface area contributed by atoms with Gasteiger partial charge < -0.3 is 28.4 Å². The number of Topliss-reactive ketones (excluding diaryl/α,β-unsaturated/α-hetero) is 2. The minimum absolute atomic E-state index is 0.000178. The van der Waals surface area contributed by atoms with Gasteiger partial charge in [0.15, 0.2) is 11.4 Å². The minimum Gasteiger partial charge on any atom is -0.488 e. The summed E-state index contributed by atoms with van der Waals surface area (Å²) in [4.78, 5) is 52.6. The number of esters is 2. The van der Waals surface area contributed by atoms with Crippen molar-refractivity contribution in [2.75, 3.05) is 0 Å². The summed E-state index contributed by atoms with van der Waals surface area (Å²) in [6.45, 7) is 19.7. The van der Waals surface area contributed by atoms with E-state index in [1.807, 2.05) is 96.1 Å². The van der Waals surface area contributed by atoms with Gasteiger partial charge in [-0.3, -0.25) is 9.59 Å². The maximum absolute atomic E-state index is 14.1. The Morgan fingerprint density at radius 2 is 0.835 bits per heavy atom. The lowest BCUT2D eigenvalue weighted by Gasteiger charge is -2.29. The molecule has 0 aliphatic carbocycles. The number of carbonyl (C=O) groups excluding carboxylic acids is 4. The van der Waals surface area contributed by atoms with E-state index in [2.05, 4.69) is 45.9 Å². The van der Waals surface area contributed by atoms with Crippen LogP contribution in [0.5, 0.6) is 46.0 Å². The molecule has 0 saturated carbocycles. The topological polar surface area (TPSA) is 124 Å². The van der Waals surface area contributed by atoms with E-state index in [-0.39, 0.29) is 29.0 Å². The van der Waals surface area contributed by atoms with E-state index < -0.39 is 17.5 Å². The molecule has 0 fully saturated rings. The monoisotopic (exact) mass is 1060 g/mol. The van der Waals surface area contributed by atoms with Gasteiger partial charge in [0.05, 0.1) is 11.1 Å². The number of hydrogen-bond donors (Lipinski definition) is 0.